The lowest BCUT2D eigenvalue weighted by molar-refractivity contribution is 0.0521. The van der Waals surface area contributed by atoms with E-state index in [1.807, 2.05) is 0 Å². The third kappa shape index (κ3) is 0.838. The molecule has 0 heterocycles. The van der Waals surface area contributed by atoms with Crippen molar-refractivity contribution < 1.29 is 5.11 Å². The van der Waals surface area contributed by atoms with Gasteiger partial charge in [0.1, 0.15) is 0 Å². The number of rotatable bonds is 0. The monoisotopic (exact) mass is 190 g/mol. The molecule has 0 saturated heterocycles. The molecular weight excluding hydrogens is 180 g/mol. The Kier molecular flexibility index (Phi) is 1.05. The molecule has 1 nitrogen and oxygen atoms in total. The van der Waals surface area contributed by atoms with Gasteiger partial charge in [-0.2, -0.15) is 0 Å². The largest absolute Gasteiger partial charge is 0.390 e. The molecule has 0 aromatic carbocycles. The lowest BCUT2D eigenvalue weighted by Gasteiger charge is -2.19. The van der Waals surface area contributed by atoms with E-state index in [1.165, 1.54) is 12.8 Å². The number of fused-ring (bicyclic) bond motifs is 2. The molecule has 0 unspecified atom stereocenters. The van der Waals surface area contributed by atoms with Crippen molar-refractivity contribution in [2.24, 2.45) is 0 Å². The minimum absolute atomic E-state index is 0.274. The van der Waals surface area contributed by atoms with Gasteiger partial charge in [-0.1, -0.05) is 15.9 Å². The van der Waals surface area contributed by atoms with Crippen LogP contribution in [0.1, 0.15) is 32.1 Å². The summed E-state index contributed by atoms with van der Waals surface area (Å²) < 4.78 is 0.335. The van der Waals surface area contributed by atoms with Gasteiger partial charge in [0.15, 0.2) is 0 Å². The smallest absolute Gasteiger partial charge is 0.0662 e. The second-order valence-electron chi connectivity index (χ2n) is 3.55. The minimum Gasteiger partial charge on any atom is -0.390 e. The van der Waals surface area contributed by atoms with E-state index in [9.17, 15) is 5.11 Å². The van der Waals surface area contributed by atoms with E-state index >= 15 is 0 Å². The Labute approximate surface area is 63.6 Å². The highest BCUT2D eigenvalue weighted by Crippen LogP contribution is 2.55. The summed E-state index contributed by atoms with van der Waals surface area (Å²) in [6.45, 7) is 0. The molecule has 2 heteroatoms. The Morgan fingerprint density at radius 3 is 1.78 bits per heavy atom. The van der Waals surface area contributed by atoms with Gasteiger partial charge in [-0.05, 0) is 32.1 Å². The number of alkyl halides is 1. The lowest BCUT2D eigenvalue weighted by atomic mass is 9.97. The van der Waals surface area contributed by atoms with Crippen LogP contribution >= 0.6 is 15.9 Å². The second-order valence-corrected chi connectivity index (χ2v) is 5.23. The van der Waals surface area contributed by atoms with Crippen molar-refractivity contribution in [1.29, 1.82) is 0 Å². The standard InChI is InChI=1S/C7H11BrO/c8-6-1-3-7(9,5-6)4-2-6/h9H,1-5H2. The van der Waals surface area contributed by atoms with E-state index in [1.54, 1.807) is 0 Å². The van der Waals surface area contributed by atoms with Crippen LogP contribution in [0.4, 0.5) is 0 Å². The molecule has 2 fully saturated rings. The van der Waals surface area contributed by atoms with Crippen LogP contribution in [0.3, 0.4) is 0 Å². The van der Waals surface area contributed by atoms with Gasteiger partial charge in [-0.25, -0.2) is 0 Å². The quantitative estimate of drug-likeness (QED) is 0.579. The van der Waals surface area contributed by atoms with Crippen LogP contribution in [-0.2, 0) is 0 Å². The Balaban J connectivity index is 2.25. The lowest BCUT2D eigenvalue weighted by Crippen LogP contribution is -2.20. The van der Waals surface area contributed by atoms with Gasteiger partial charge >= 0.3 is 0 Å². The number of hydrogen-bond donors (Lipinski definition) is 1. The van der Waals surface area contributed by atoms with E-state index in [2.05, 4.69) is 15.9 Å². The van der Waals surface area contributed by atoms with Gasteiger partial charge in [-0.3, -0.25) is 0 Å². The van der Waals surface area contributed by atoms with Crippen LogP contribution in [0.25, 0.3) is 0 Å². The summed E-state index contributed by atoms with van der Waals surface area (Å²) >= 11 is 3.66. The summed E-state index contributed by atoms with van der Waals surface area (Å²) in [7, 11) is 0. The molecule has 52 valence electrons. The van der Waals surface area contributed by atoms with Crippen molar-refractivity contribution in [3.63, 3.8) is 0 Å². The van der Waals surface area contributed by atoms with Crippen molar-refractivity contribution >= 4 is 15.9 Å². The van der Waals surface area contributed by atoms with Gasteiger partial charge in [-0.15, -0.1) is 0 Å². The summed E-state index contributed by atoms with van der Waals surface area (Å²) in [6.07, 6.45) is 5.35. The molecule has 9 heavy (non-hydrogen) atoms. The highest BCUT2D eigenvalue weighted by Gasteiger charge is 2.51. The Morgan fingerprint density at radius 1 is 1.11 bits per heavy atom. The van der Waals surface area contributed by atoms with Crippen molar-refractivity contribution in [1.82, 2.24) is 0 Å². The van der Waals surface area contributed by atoms with Crippen molar-refractivity contribution in [3.05, 3.63) is 0 Å². The molecule has 0 radical (unpaired) electrons. The molecular formula is C7H11BrO. The summed E-state index contributed by atoms with van der Waals surface area (Å²) in [5.74, 6) is 0. The van der Waals surface area contributed by atoms with Crippen molar-refractivity contribution in [2.45, 2.75) is 42.0 Å². The normalized spacial score (nSPS) is 56.7. The van der Waals surface area contributed by atoms with E-state index < -0.39 is 0 Å². The SMILES string of the molecule is OC12CCC(Br)(CC1)C2. The minimum atomic E-state index is -0.274. The van der Waals surface area contributed by atoms with E-state index in [4.69, 9.17) is 0 Å². The van der Waals surface area contributed by atoms with Crippen molar-refractivity contribution in [3.8, 4) is 0 Å². The van der Waals surface area contributed by atoms with Gasteiger partial charge in [0.25, 0.3) is 0 Å². The maximum Gasteiger partial charge on any atom is 0.0662 e. The summed E-state index contributed by atoms with van der Waals surface area (Å²) in [5.41, 5.74) is -0.274. The van der Waals surface area contributed by atoms with Crippen LogP contribution in [0.2, 0.25) is 0 Å². The molecule has 2 saturated carbocycles. The Morgan fingerprint density at radius 2 is 1.67 bits per heavy atom. The first-order valence-electron chi connectivity index (χ1n) is 3.53. The average Bonchev–Trinajstić information content (AvgIpc) is 2.19. The third-order valence-electron chi connectivity index (χ3n) is 2.72. The number of aliphatic hydroxyl groups is 1. The van der Waals surface area contributed by atoms with Crippen LogP contribution in [0.5, 0.6) is 0 Å². The predicted molar refractivity (Wildman–Crippen MR) is 39.7 cm³/mol. The van der Waals surface area contributed by atoms with Crippen LogP contribution in [0.15, 0.2) is 0 Å². The second kappa shape index (κ2) is 1.54. The van der Waals surface area contributed by atoms with Gasteiger partial charge < -0.3 is 5.11 Å². The fourth-order valence-electron chi connectivity index (χ4n) is 2.11. The molecule has 0 aromatic heterocycles. The molecule has 2 aliphatic rings. The zero-order chi connectivity index (χ0) is 6.54. The fraction of sp³-hybridized carbons (Fsp3) is 1.00. The molecule has 2 bridgehead atoms. The molecule has 0 aliphatic heterocycles. The first-order valence-corrected chi connectivity index (χ1v) is 4.33. The van der Waals surface area contributed by atoms with E-state index in [-0.39, 0.29) is 5.60 Å². The predicted octanol–water partition coefficient (Wildman–Crippen LogP) is 1.83. The molecule has 0 spiro atoms. The fourth-order valence-corrected chi connectivity index (χ4v) is 3.03. The number of halogens is 1. The summed E-state index contributed by atoms with van der Waals surface area (Å²) in [6, 6.07) is 0. The topological polar surface area (TPSA) is 20.2 Å². The Bertz CT molecular complexity index is 120. The van der Waals surface area contributed by atoms with E-state index in [0.29, 0.717) is 4.32 Å². The zero-order valence-corrected chi connectivity index (χ0v) is 6.95. The summed E-state index contributed by atoms with van der Waals surface area (Å²) in [5, 5.41) is 9.68. The summed E-state index contributed by atoms with van der Waals surface area (Å²) in [4.78, 5) is 0. The number of hydrogen-bond acceptors (Lipinski definition) is 1. The van der Waals surface area contributed by atoms with Crippen molar-refractivity contribution in [2.75, 3.05) is 0 Å². The average molecular weight is 191 g/mol. The molecule has 1 N–H and O–H groups in total. The van der Waals surface area contributed by atoms with Gasteiger partial charge in [0.2, 0.25) is 0 Å². The molecule has 2 aliphatic carbocycles. The zero-order valence-electron chi connectivity index (χ0n) is 5.36. The first kappa shape index (κ1) is 6.17. The first-order chi connectivity index (χ1) is 4.12. The Hall–Kier alpha value is 0.440. The van der Waals surface area contributed by atoms with Gasteiger partial charge in [0, 0.05) is 4.32 Å². The molecule has 2 rings (SSSR count). The highest BCUT2D eigenvalue weighted by atomic mass is 79.9. The van der Waals surface area contributed by atoms with Gasteiger partial charge in [0.05, 0.1) is 5.60 Å². The van der Waals surface area contributed by atoms with Crippen LogP contribution in [0, 0.1) is 0 Å². The maximum absolute atomic E-state index is 9.68. The molecule has 0 aromatic rings. The highest BCUT2D eigenvalue weighted by molar-refractivity contribution is 9.10. The maximum atomic E-state index is 9.68. The third-order valence-corrected chi connectivity index (χ3v) is 3.80. The molecule has 0 atom stereocenters. The van der Waals surface area contributed by atoms with Crippen LogP contribution < -0.4 is 0 Å². The van der Waals surface area contributed by atoms with E-state index in [0.717, 1.165) is 19.3 Å². The molecule has 0 amide bonds. The van der Waals surface area contributed by atoms with Crippen LogP contribution in [-0.4, -0.2) is 15.0 Å².